The quantitative estimate of drug-likeness (QED) is 0.807. The molecule has 2 aromatic carbocycles. The highest BCUT2D eigenvalue weighted by Crippen LogP contribution is 2.41. The first-order chi connectivity index (χ1) is 12.2. The van der Waals surface area contributed by atoms with E-state index in [2.05, 4.69) is 28.4 Å². The fourth-order valence-corrected chi connectivity index (χ4v) is 4.15. The number of anilines is 2. The SMILES string of the molecule is Cl.Nc1cccc2c1CCCN2CC(=O)NC1(c2ccccc2)CCC1. The summed E-state index contributed by atoms with van der Waals surface area (Å²) < 4.78 is 0. The molecule has 0 bridgehead atoms. The molecule has 3 N–H and O–H groups in total. The van der Waals surface area contributed by atoms with Crippen LogP contribution in [0.1, 0.15) is 36.8 Å². The molecule has 0 radical (unpaired) electrons. The molecule has 1 amide bonds. The number of amides is 1. The van der Waals surface area contributed by atoms with Gasteiger partial charge in [-0.3, -0.25) is 4.79 Å². The van der Waals surface area contributed by atoms with E-state index in [4.69, 9.17) is 5.73 Å². The van der Waals surface area contributed by atoms with Gasteiger partial charge in [-0.05, 0) is 55.4 Å². The van der Waals surface area contributed by atoms with E-state index in [1.807, 2.05) is 30.3 Å². The lowest BCUT2D eigenvalue weighted by atomic mass is 9.72. The van der Waals surface area contributed by atoms with Crippen LogP contribution in [0.4, 0.5) is 11.4 Å². The van der Waals surface area contributed by atoms with Gasteiger partial charge in [0, 0.05) is 17.9 Å². The van der Waals surface area contributed by atoms with Crippen LogP contribution in [-0.2, 0) is 16.8 Å². The molecule has 0 aromatic heterocycles. The molecule has 26 heavy (non-hydrogen) atoms. The molecule has 0 spiro atoms. The van der Waals surface area contributed by atoms with Gasteiger partial charge >= 0.3 is 0 Å². The van der Waals surface area contributed by atoms with Crippen LogP contribution in [0.25, 0.3) is 0 Å². The average Bonchev–Trinajstić information content (AvgIpc) is 2.60. The van der Waals surface area contributed by atoms with Crippen molar-refractivity contribution in [3.8, 4) is 0 Å². The second kappa shape index (κ2) is 7.58. The van der Waals surface area contributed by atoms with Gasteiger partial charge in [-0.15, -0.1) is 12.4 Å². The number of nitrogens with one attached hydrogen (secondary N) is 1. The van der Waals surface area contributed by atoms with Gasteiger partial charge in [0.25, 0.3) is 0 Å². The Labute approximate surface area is 161 Å². The van der Waals surface area contributed by atoms with Crippen molar-refractivity contribution in [2.24, 2.45) is 0 Å². The van der Waals surface area contributed by atoms with E-state index < -0.39 is 0 Å². The molecule has 1 fully saturated rings. The van der Waals surface area contributed by atoms with Crippen LogP contribution >= 0.6 is 12.4 Å². The van der Waals surface area contributed by atoms with Crippen LogP contribution in [0.15, 0.2) is 48.5 Å². The minimum absolute atomic E-state index is 0. The van der Waals surface area contributed by atoms with Crippen LogP contribution in [0, 0.1) is 0 Å². The topological polar surface area (TPSA) is 58.4 Å². The van der Waals surface area contributed by atoms with Crippen LogP contribution < -0.4 is 16.0 Å². The summed E-state index contributed by atoms with van der Waals surface area (Å²) in [6, 6.07) is 16.4. The third-order valence-electron chi connectivity index (χ3n) is 5.63. The lowest BCUT2D eigenvalue weighted by molar-refractivity contribution is -0.123. The van der Waals surface area contributed by atoms with E-state index in [0.717, 1.165) is 50.0 Å². The van der Waals surface area contributed by atoms with Gasteiger partial charge in [-0.25, -0.2) is 0 Å². The van der Waals surface area contributed by atoms with Gasteiger partial charge in [0.2, 0.25) is 5.91 Å². The number of fused-ring (bicyclic) bond motifs is 1. The highest BCUT2D eigenvalue weighted by Gasteiger charge is 2.40. The number of nitrogens with zero attached hydrogens (tertiary/aromatic N) is 1. The molecule has 5 heteroatoms. The maximum absolute atomic E-state index is 12.8. The van der Waals surface area contributed by atoms with E-state index in [0.29, 0.717) is 6.54 Å². The van der Waals surface area contributed by atoms with Crippen molar-refractivity contribution in [3.63, 3.8) is 0 Å². The maximum atomic E-state index is 12.8. The lowest BCUT2D eigenvalue weighted by Crippen LogP contribution is -2.53. The van der Waals surface area contributed by atoms with Crippen molar-refractivity contribution in [2.75, 3.05) is 23.7 Å². The van der Waals surface area contributed by atoms with Crippen LogP contribution in [0.3, 0.4) is 0 Å². The summed E-state index contributed by atoms with van der Waals surface area (Å²) >= 11 is 0. The molecular formula is C21H26ClN3O. The molecule has 1 aliphatic carbocycles. The van der Waals surface area contributed by atoms with Crippen LogP contribution in [0.2, 0.25) is 0 Å². The van der Waals surface area contributed by atoms with Crippen molar-refractivity contribution in [1.82, 2.24) is 5.32 Å². The number of hydrogen-bond donors (Lipinski definition) is 2. The highest BCUT2D eigenvalue weighted by atomic mass is 35.5. The number of nitrogen functional groups attached to an aromatic ring is 1. The van der Waals surface area contributed by atoms with Crippen molar-refractivity contribution in [2.45, 2.75) is 37.6 Å². The Bertz CT molecular complexity index is 774. The standard InChI is InChI=1S/C21H25N3O.ClH/c22-18-10-4-11-19-17(18)9-5-14-24(19)15-20(25)23-21(12-6-13-21)16-7-2-1-3-8-16;/h1-4,7-8,10-11H,5-6,9,12-15,22H2,(H,23,25);1H. The molecule has 4 nitrogen and oxygen atoms in total. The molecule has 1 saturated carbocycles. The van der Waals surface area contributed by atoms with E-state index in [1.165, 1.54) is 11.1 Å². The van der Waals surface area contributed by atoms with Gasteiger partial charge in [-0.2, -0.15) is 0 Å². The Morgan fingerprint density at radius 1 is 1.08 bits per heavy atom. The van der Waals surface area contributed by atoms with E-state index in [1.54, 1.807) is 0 Å². The summed E-state index contributed by atoms with van der Waals surface area (Å²) in [5.74, 6) is 0.0961. The fraction of sp³-hybridized carbons (Fsp3) is 0.381. The number of halogens is 1. The van der Waals surface area contributed by atoms with E-state index in [9.17, 15) is 4.79 Å². The van der Waals surface area contributed by atoms with Crippen molar-refractivity contribution < 1.29 is 4.79 Å². The molecule has 0 unspecified atom stereocenters. The lowest BCUT2D eigenvalue weighted by Gasteiger charge is -2.43. The molecule has 1 heterocycles. The number of carbonyl (C=O) groups is 1. The van der Waals surface area contributed by atoms with Crippen molar-refractivity contribution in [1.29, 1.82) is 0 Å². The van der Waals surface area contributed by atoms with E-state index >= 15 is 0 Å². The minimum Gasteiger partial charge on any atom is -0.398 e. The monoisotopic (exact) mass is 371 g/mol. The summed E-state index contributed by atoms with van der Waals surface area (Å²) in [6.45, 7) is 1.30. The Morgan fingerprint density at radius 3 is 2.54 bits per heavy atom. The molecule has 1 aliphatic heterocycles. The first-order valence-corrected chi connectivity index (χ1v) is 9.17. The summed E-state index contributed by atoms with van der Waals surface area (Å²) in [5.41, 5.74) is 10.3. The van der Waals surface area contributed by atoms with Gasteiger partial charge in [-0.1, -0.05) is 36.4 Å². The number of benzene rings is 2. The molecule has 138 valence electrons. The zero-order valence-corrected chi connectivity index (χ0v) is 15.7. The number of carbonyl (C=O) groups excluding carboxylic acids is 1. The van der Waals surface area contributed by atoms with E-state index in [-0.39, 0.29) is 23.9 Å². The summed E-state index contributed by atoms with van der Waals surface area (Å²) in [7, 11) is 0. The first kappa shape index (κ1) is 18.6. The molecule has 0 saturated heterocycles. The summed E-state index contributed by atoms with van der Waals surface area (Å²) in [6.07, 6.45) is 5.24. The predicted octanol–water partition coefficient (Wildman–Crippen LogP) is 3.64. The summed E-state index contributed by atoms with van der Waals surface area (Å²) in [4.78, 5) is 15.0. The number of hydrogen-bond acceptors (Lipinski definition) is 3. The Balaban J connectivity index is 0.00000196. The van der Waals surface area contributed by atoms with Crippen molar-refractivity contribution >= 4 is 29.7 Å². The third-order valence-corrected chi connectivity index (χ3v) is 5.63. The molecule has 0 atom stereocenters. The number of rotatable bonds is 4. The zero-order valence-electron chi connectivity index (χ0n) is 14.9. The average molecular weight is 372 g/mol. The van der Waals surface area contributed by atoms with Gasteiger partial charge in [0.05, 0.1) is 12.1 Å². The first-order valence-electron chi connectivity index (χ1n) is 9.17. The second-order valence-corrected chi connectivity index (χ2v) is 7.22. The molecular weight excluding hydrogens is 346 g/mol. The van der Waals surface area contributed by atoms with Crippen LogP contribution in [0.5, 0.6) is 0 Å². The van der Waals surface area contributed by atoms with Gasteiger partial charge in [0.15, 0.2) is 0 Å². The Kier molecular flexibility index (Phi) is 5.42. The smallest absolute Gasteiger partial charge is 0.240 e. The second-order valence-electron chi connectivity index (χ2n) is 7.22. The fourth-order valence-electron chi connectivity index (χ4n) is 4.15. The summed E-state index contributed by atoms with van der Waals surface area (Å²) in [5, 5.41) is 3.33. The molecule has 2 aliphatic rings. The Morgan fingerprint density at radius 2 is 1.85 bits per heavy atom. The normalized spacial score (nSPS) is 17.5. The zero-order chi connectivity index (χ0) is 17.3. The molecule has 2 aromatic rings. The van der Waals surface area contributed by atoms with Gasteiger partial charge in [0.1, 0.15) is 0 Å². The van der Waals surface area contributed by atoms with Gasteiger partial charge < -0.3 is 16.0 Å². The van der Waals surface area contributed by atoms with Crippen LogP contribution in [-0.4, -0.2) is 19.0 Å². The highest BCUT2D eigenvalue weighted by molar-refractivity contribution is 5.85. The Hall–Kier alpha value is -2.20. The minimum atomic E-state index is -0.174. The van der Waals surface area contributed by atoms with Crippen molar-refractivity contribution in [3.05, 3.63) is 59.7 Å². The largest absolute Gasteiger partial charge is 0.398 e. The predicted molar refractivity (Wildman–Crippen MR) is 109 cm³/mol. The maximum Gasteiger partial charge on any atom is 0.240 e. The third kappa shape index (κ3) is 3.38. The number of nitrogens with two attached hydrogens (primary N) is 1. The molecule has 4 rings (SSSR count).